The number of halogens is 2. The molecule has 1 heterocycles. The van der Waals surface area contributed by atoms with Crippen molar-refractivity contribution in [1.82, 2.24) is 10.2 Å². The highest BCUT2D eigenvalue weighted by atomic mass is 19.2. The summed E-state index contributed by atoms with van der Waals surface area (Å²) in [5.74, 6) is -1.57. The molecule has 0 aromatic heterocycles. The van der Waals surface area contributed by atoms with Gasteiger partial charge < -0.3 is 10.2 Å². The first kappa shape index (κ1) is 13.4. The molecular weight excluding hydrogens is 234 g/mol. The number of likely N-dealkylation sites (N-methyl/N-ethyl adjacent to an activating group) is 1. The number of hydrogen-bond donors (Lipinski definition) is 1. The zero-order valence-electron chi connectivity index (χ0n) is 11.1. The first-order valence-electron chi connectivity index (χ1n) is 6.38. The third-order valence-electron chi connectivity index (χ3n) is 3.82. The van der Waals surface area contributed by atoms with Crippen molar-refractivity contribution in [2.75, 3.05) is 13.6 Å². The highest BCUT2D eigenvalue weighted by Crippen LogP contribution is 2.20. The monoisotopic (exact) mass is 254 g/mol. The van der Waals surface area contributed by atoms with E-state index in [4.69, 9.17) is 0 Å². The number of rotatable bonds is 3. The van der Waals surface area contributed by atoms with Gasteiger partial charge in [-0.05, 0) is 45.0 Å². The molecule has 2 rings (SSSR count). The molecule has 4 heteroatoms. The largest absolute Gasteiger partial charge is 0.306 e. The van der Waals surface area contributed by atoms with E-state index in [1.165, 1.54) is 12.1 Å². The molecule has 0 bridgehead atoms. The number of nitrogens with zero attached hydrogens (tertiary/aromatic N) is 1. The van der Waals surface area contributed by atoms with Gasteiger partial charge in [-0.2, -0.15) is 0 Å². The second-order valence-electron chi connectivity index (χ2n) is 5.28. The molecule has 1 N–H and O–H groups in total. The van der Waals surface area contributed by atoms with Gasteiger partial charge in [0.05, 0.1) is 0 Å². The van der Waals surface area contributed by atoms with Crippen LogP contribution in [0.3, 0.4) is 0 Å². The van der Waals surface area contributed by atoms with E-state index in [1.54, 1.807) is 6.07 Å². The molecule has 1 aromatic carbocycles. The Balaban J connectivity index is 1.99. The minimum atomic E-state index is -0.792. The summed E-state index contributed by atoms with van der Waals surface area (Å²) in [4.78, 5) is 2.30. The van der Waals surface area contributed by atoms with Gasteiger partial charge in [0.15, 0.2) is 11.6 Å². The van der Waals surface area contributed by atoms with Gasteiger partial charge in [-0.15, -0.1) is 0 Å². The molecule has 1 aliphatic rings. The number of nitrogens with one attached hydrogen (secondary N) is 1. The summed E-state index contributed by atoms with van der Waals surface area (Å²) >= 11 is 0. The Bertz CT molecular complexity index is 412. The molecule has 0 spiro atoms. The Kier molecular flexibility index (Phi) is 3.97. The van der Waals surface area contributed by atoms with Crippen LogP contribution in [0.15, 0.2) is 18.2 Å². The summed E-state index contributed by atoms with van der Waals surface area (Å²) in [7, 11) is 2.11. The van der Waals surface area contributed by atoms with Crippen molar-refractivity contribution in [3.63, 3.8) is 0 Å². The third-order valence-corrected chi connectivity index (χ3v) is 3.82. The van der Waals surface area contributed by atoms with Crippen LogP contribution in [0.5, 0.6) is 0 Å². The zero-order chi connectivity index (χ0) is 13.3. The molecule has 1 aliphatic heterocycles. The smallest absolute Gasteiger partial charge is 0.159 e. The maximum absolute atomic E-state index is 13.2. The summed E-state index contributed by atoms with van der Waals surface area (Å²) in [6.07, 6.45) is 1.09. The Labute approximate surface area is 107 Å². The lowest BCUT2D eigenvalue weighted by molar-refractivity contribution is 0.325. The normalized spacial score (nSPS) is 26.5. The molecule has 100 valence electrons. The predicted molar refractivity (Wildman–Crippen MR) is 68.4 cm³/mol. The van der Waals surface area contributed by atoms with Crippen LogP contribution in [0, 0.1) is 11.6 Å². The topological polar surface area (TPSA) is 15.3 Å². The Morgan fingerprint density at radius 3 is 2.61 bits per heavy atom. The summed E-state index contributed by atoms with van der Waals surface area (Å²) < 4.78 is 26.0. The molecular formula is C14H20F2N2. The SMILES string of the molecule is CC(NC1CC(C)N(C)C1)c1ccc(F)c(F)c1. The third kappa shape index (κ3) is 2.87. The van der Waals surface area contributed by atoms with Crippen LogP contribution < -0.4 is 5.32 Å². The van der Waals surface area contributed by atoms with Crippen LogP contribution in [0.25, 0.3) is 0 Å². The van der Waals surface area contributed by atoms with Crippen molar-refractivity contribution >= 4 is 0 Å². The van der Waals surface area contributed by atoms with Crippen molar-refractivity contribution in [3.05, 3.63) is 35.4 Å². The van der Waals surface area contributed by atoms with Gasteiger partial charge >= 0.3 is 0 Å². The van der Waals surface area contributed by atoms with E-state index >= 15 is 0 Å². The lowest BCUT2D eigenvalue weighted by Gasteiger charge is -2.19. The molecule has 3 unspecified atom stereocenters. The molecule has 18 heavy (non-hydrogen) atoms. The number of likely N-dealkylation sites (tertiary alicyclic amines) is 1. The first-order chi connectivity index (χ1) is 8.47. The number of benzene rings is 1. The van der Waals surface area contributed by atoms with Gasteiger partial charge in [-0.1, -0.05) is 6.07 Å². The van der Waals surface area contributed by atoms with E-state index in [2.05, 4.69) is 24.2 Å². The second kappa shape index (κ2) is 5.33. The quantitative estimate of drug-likeness (QED) is 0.892. The molecule has 3 atom stereocenters. The Hall–Kier alpha value is -1.00. The van der Waals surface area contributed by atoms with E-state index in [9.17, 15) is 8.78 Å². The average Bonchev–Trinajstić information content (AvgIpc) is 2.61. The molecule has 1 fully saturated rings. The minimum Gasteiger partial charge on any atom is -0.306 e. The maximum Gasteiger partial charge on any atom is 0.159 e. The van der Waals surface area contributed by atoms with Crippen LogP contribution in [-0.2, 0) is 0 Å². The van der Waals surface area contributed by atoms with Crippen molar-refractivity contribution in [2.24, 2.45) is 0 Å². The number of hydrogen-bond acceptors (Lipinski definition) is 2. The molecule has 0 aliphatic carbocycles. The fraction of sp³-hybridized carbons (Fsp3) is 0.571. The molecule has 2 nitrogen and oxygen atoms in total. The van der Waals surface area contributed by atoms with E-state index in [-0.39, 0.29) is 6.04 Å². The van der Waals surface area contributed by atoms with Crippen molar-refractivity contribution in [3.8, 4) is 0 Å². The van der Waals surface area contributed by atoms with Crippen LogP contribution >= 0.6 is 0 Å². The fourth-order valence-electron chi connectivity index (χ4n) is 2.55. The van der Waals surface area contributed by atoms with Gasteiger partial charge in [0, 0.05) is 24.7 Å². The standard InChI is InChI=1S/C14H20F2N2/c1-9-6-12(8-18(9)3)17-10(2)11-4-5-13(15)14(16)7-11/h4-5,7,9-10,12,17H,6,8H2,1-3H3. The Morgan fingerprint density at radius 1 is 1.33 bits per heavy atom. The lowest BCUT2D eigenvalue weighted by Crippen LogP contribution is -2.33. The van der Waals surface area contributed by atoms with Crippen LogP contribution in [0.2, 0.25) is 0 Å². The van der Waals surface area contributed by atoms with Crippen molar-refractivity contribution in [1.29, 1.82) is 0 Å². The predicted octanol–water partition coefficient (Wildman–Crippen LogP) is 2.71. The zero-order valence-corrected chi connectivity index (χ0v) is 11.1. The summed E-state index contributed by atoms with van der Waals surface area (Å²) in [5.41, 5.74) is 0.788. The molecule has 1 aromatic rings. The average molecular weight is 254 g/mol. The van der Waals surface area contributed by atoms with Crippen molar-refractivity contribution < 1.29 is 8.78 Å². The lowest BCUT2D eigenvalue weighted by atomic mass is 10.1. The first-order valence-corrected chi connectivity index (χ1v) is 6.38. The van der Waals surface area contributed by atoms with Gasteiger partial charge in [0.25, 0.3) is 0 Å². The minimum absolute atomic E-state index is 0.0313. The summed E-state index contributed by atoms with van der Waals surface area (Å²) in [6, 6.07) is 5.11. The summed E-state index contributed by atoms with van der Waals surface area (Å²) in [5, 5.41) is 3.47. The maximum atomic E-state index is 13.2. The highest BCUT2D eigenvalue weighted by Gasteiger charge is 2.27. The van der Waals surface area contributed by atoms with E-state index in [0.717, 1.165) is 18.5 Å². The van der Waals surface area contributed by atoms with Crippen LogP contribution in [0.4, 0.5) is 8.78 Å². The van der Waals surface area contributed by atoms with Gasteiger partial charge in [-0.25, -0.2) is 8.78 Å². The summed E-state index contributed by atoms with van der Waals surface area (Å²) in [6.45, 7) is 5.18. The van der Waals surface area contributed by atoms with E-state index < -0.39 is 11.6 Å². The van der Waals surface area contributed by atoms with Gasteiger partial charge in [0.2, 0.25) is 0 Å². The van der Waals surface area contributed by atoms with Crippen LogP contribution in [-0.4, -0.2) is 30.6 Å². The molecule has 1 saturated heterocycles. The fourth-order valence-corrected chi connectivity index (χ4v) is 2.55. The molecule has 0 radical (unpaired) electrons. The van der Waals surface area contributed by atoms with Crippen molar-refractivity contribution in [2.45, 2.75) is 38.4 Å². The molecule has 0 amide bonds. The highest BCUT2D eigenvalue weighted by molar-refractivity contribution is 5.21. The Morgan fingerprint density at radius 2 is 2.06 bits per heavy atom. The van der Waals surface area contributed by atoms with E-state index in [0.29, 0.717) is 12.1 Å². The van der Waals surface area contributed by atoms with Gasteiger partial charge in [0.1, 0.15) is 0 Å². The second-order valence-corrected chi connectivity index (χ2v) is 5.28. The van der Waals surface area contributed by atoms with E-state index in [1.807, 2.05) is 6.92 Å². The van der Waals surface area contributed by atoms with Gasteiger partial charge in [-0.3, -0.25) is 0 Å². The molecule has 0 saturated carbocycles. The van der Waals surface area contributed by atoms with Crippen LogP contribution in [0.1, 0.15) is 31.9 Å².